The molecule has 0 saturated heterocycles. The van der Waals surface area contributed by atoms with Crippen LogP contribution < -0.4 is 5.73 Å². The van der Waals surface area contributed by atoms with Gasteiger partial charge in [0.2, 0.25) is 0 Å². The monoisotopic (exact) mass is 186 g/mol. The van der Waals surface area contributed by atoms with Crippen LogP contribution in [0.15, 0.2) is 12.4 Å². The Hall–Kier alpha value is -0.700. The second-order valence-corrected chi connectivity index (χ2v) is 4.26. The highest BCUT2D eigenvalue weighted by atomic mass is 16.3. The number of aliphatic hydroxyl groups is 1. The highest BCUT2D eigenvalue weighted by Gasteiger charge is 2.21. The molecule has 0 aromatic carbocycles. The normalized spacial score (nSPS) is 13.9. The summed E-state index contributed by atoms with van der Waals surface area (Å²) in [5.74, 6) is 0.831. The zero-order chi connectivity index (χ0) is 10.6. The van der Waals surface area contributed by atoms with E-state index in [0.717, 1.165) is 13.0 Å². The second-order valence-electron chi connectivity index (χ2n) is 4.26. The first-order valence-electron chi connectivity index (χ1n) is 4.63. The van der Waals surface area contributed by atoms with Crippen molar-refractivity contribution in [2.75, 3.05) is 13.6 Å². The van der Waals surface area contributed by atoms with Crippen LogP contribution in [0.2, 0.25) is 0 Å². The van der Waals surface area contributed by atoms with Crippen molar-refractivity contribution in [2.45, 2.75) is 32.8 Å². The molecule has 13 heavy (non-hydrogen) atoms. The molecule has 0 spiro atoms. The topological polar surface area (TPSA) is 49.5 Å². The maximum Gasteiger partial charge on any atom is 0.0909 e. The van der Waals surface area contributed by atoms with Gasteiger partial charge in [0.15, 0.2) is 0 Å². The van der Waals surface area contributed by atoms with E-state index in [1.54, 1.807) is 0 Å². The minimum Gasteiger partial charge on any atom is -0.390 e. The van der Waals surface area contributed by atoms with Crippen LogP contribution in [0.25, 0.3) is 0 Å². The van der Waals surface area contributed by atoms with E-state index in [0.29, 0.717) is 5.82 Å². The van der Waals surface area contributed by atoms with Crippen LogP contribution in [-0.2, 0) is 0 Å². The number of rotatable bonds is 5. The molecular weight excluding hydrogens is 164 g/mol. The van der Waals surface area contributed by atoms with Gasteiger partial charge in [-0.15, -0.1) is 0 Å². The fourth-order valence-corrected chi connectivity index (χ4v) is 0.884. The van der Waals surface area contributed by atoms with Gasteiger partial charge >= 0.3 is 0 Å². The lowest BCUT2D eigenvalue weighted by atomic mass is 9.90. The van der Waals surface area contributed by atoms with Crippen LogP contribution in [-0.4, -0.2) is 29.2 Å². The van der Waals surface area contributed by atoms with Gasteiger partial charge in [0.25, 0.3) is 0 Å². The van der Waals surface area contributed by atoms with Gasteiger partial charge in [0.05, 0.1) is 11.4 Å². The Bertz CT molecular complexity index is 172. The average Bonchev–Trinajstić information content (AvgIpc) is 1.97. The summed E-state index contributed by atoms with van der Waals surface area (Å²) in [6, 6.07) is 0. The fourth-order valence-electron chi connectivity index (χ4n) is 0.884. The van der Waals surface area contributed by atoms with E-state index in [1.165, 1.54) is 0 Å². The molecule has 1 unspecified atom stereocenters. The van der Waals surface area contributed by atoms with Gasteiger partial charge in [-0.1, -0.05) is 13.5 Å². The van der Waals surface area contributed by atoms with Gasteiger partial charge in [0, 0.05) is 13.6 Å². The van der Waals surface area contributed by atoms with E-state index in [4.69, 9.17) is 5.73 Å². The molecule has 0 aliphatic rings. The molecule has 0 aromatic heterocycles. The lowest BCUT2D eigenvalue weighted by Gasteiger charge is -2.28. The summed E-state index contributed by atoms with van der Waals surface area (Å²) in [4.78, 5) is 1.89. The van der Waals surface area contributed by atoms with Crippen molar-refractivity contribution in [1.29, 1.82) is 0 Å². The number of nitrogens with zero attached hydrogens (tertiary/aromatic N) is 1. The predicted octanol–water partition coefficient (Wildman–Crippen LogP) is 1.15. The summed E-state index contributed by atoms with van der Waals surface area (Å²) in [7, 11) is 1.90. The summed E-state index contributed by atoms with van der Waals surface area (Å²) in [6.07, 6.45) is 0.913. The summed E-state index contributed by atoms with van der Waals surface area (Å²) >= 11 is 0. The van der Waals surface area contributed by atoms with Gasteiger partial charge in [-0.05, 0) is 26.2 Å². The summed E-state index contributed by atoms with van der Waals surface area (Å²) < 4.78 is 0. The average molecular weight is 186 g/mol. The minimum absolute atomic E-state index is 0.259. The Morgan fingerprint density at radius 2 is 2.08 bits per heavy atom. The van der Waals surface area contributed by atoms with Gasteiger partial charge in [-0.2, -0.15) is 0 Å². The number of nitrogens with two attached hydrogens (primary N) is 1. The van der Waals surface area contributed by atoms with Crippen LogP contribution in [0.3, 0.4) is 0 Å². The third-order valence-electron chi connectivity index (χ3n) is 2.59. The molecule has 0 heterocycles. The van der Waals surface area contributed by atoms with Crippen molar-refractivity contribution in [3.63, 3.8) is 0 Å². The molecule has 78 valence electrons. The Morgan fingerprint density at radius 3 is 2.38 bits per heavy atom. The molecule has 3 nitrogen and oxygen atoms in total. The predicted molar refractivity (Wildman–Crippen MR) is 56.0 cm³/mol. The van der Waals surface area contributed by atoms with Crippen molar-refractivity contribution in [3.8, 4) is 0 Å². The highest BCUT2D eigenvalue weighted by molar-refractivity contribution is 4.85. The standard InChI is InChI=1S/C10H22N2O/c1-8(10(3,4)13)6-7-12(5)9(2)11/h8,13H,2,6-7,11H2,1,3-5H3. The molecule has 0 aliphatic carbocycles. The third-order valence-corrected chi connectivity index (χ3v) is 2.59. The fraction of sp³-hybridized carbons (Fsp3) is 0.800. The van der Waals surface area contributed by atoms with Crippen LogP contribution in [0.4, 0.5) is 0 Å². The Morgan fingerprint density at radius 1 is 1.62 bits per heavy atom. The first-order chi connectivity index (χ1) is 5.75. The second kappa shape index (κ2) is 4.51. The van der Waals surface area contributed by atoms with Crippen LogP contribution in [0.1, 0.15) is 27.2 Å². The van der Waals surface area contributed by atoms with Gasteiger partial charge in [-0.3, -0.25) is 0 Å². The van der Waals surface area contributed by atoms with Crippen molar-refractivity contribution in [2.24, 2.45) is 11.7 Å². The number of hydrogen-bond donors (Lipinski definition) is 2. The van der Waals surface area contributed by atoms with E-state index in [9.17, 15) is 5.11 Å². The molecule has 0 saturated carbocycles. The van der Waals surface area contributed by atoms with Crippen LogP contribution in [0, 0.1) is 5.92 Å². The van der Waals surface area contributed by atoms with E-state index in [1.807, 2.05) is 32.7 Å². The van der Waals surface area contributed by atoms with Gasteiger partial charge in [-0.25, -0.2) is 0 Å². The first kappa shape index (κ1) is 12.3. The van der Waals surface area contributed by atoms with Crippen molar-refractivity contribution in [3.05, 3.63) is 12.4 Å². The summed E-state index contributed by atoms with van der Waals surface area (Å²) in [6.45, 7) is 10.2. The lowest BCUT2D eigenvalue weighted by molar-refractivity contribution is 0.0190. The molecule has 3 N–H and O–H groups in total. The third kappa shape index (κ3) is 4.78. The smallest absolute Gasteiger partial charge is 0.0909 e. The molecule has 0 radical (unpaired) electrons. The Labute approximate surface area is 81.2 Å². The van der Waals surface area contributed by atoms with E-state index < -0.39 is 5.60 Å². The van der Waals surface area contributed by atoms with Crippen molar-refractivity contribution >= 4 is 0 Å². The summed E-state index contributed by atoms with van der Waals surface area (Å²) in [5.41, 5.74) is 4.89. The summed E-state index contributed by atoms with van der Waals surface area (Å²) in [5, 5.41) is 9.67. The Kier molecular flexibility index (Phi) is 4.27. The van der Waals surface area contributed by atoms with Gasteiger partial charge in [0.1, 0.15) is 0 Å². The maximum absolute atomic E-state index is 9.67. The van der Waals surface area contributed by atoms with E-state index >= 15 is 0 Å². The molecule has 0 bridgehead atoms. The Balaban J connectivity index is 3.83. The lowest BCUT2D eigenvalue weighted by Crippen LogP contribution is -2.32. The molecule has 0 amide bonds. The molecular formula is C10H22N2O. The van der Waals surface area contributed by atoms with Crippen molar-refractivity contribution < 1.29 is 5.11 Å². The minimum atomic E-state index is -0.614. The largest absolute Gasteiger partial charge is 0.390 e. The van der Waals surface area contributed by atoms with Gasteiger partial charge < -0.3 is 15.7 Å². The van der Waals surface area contributed by atoms with E-state index in [2.05, 4.69) is 6.58 Å². The highest BCUT2D eigenvalue weighted by Crippen LogP contribution is 2.19. The SMILES string of the molecule is C=C(N)N(C)CCC(C)C(C)(C)O. The molecule has 0 aliphatic heterocycles. The molecule has 0 aromatic rings. The molecule has 0 rings (SSSR count). The molecule has 1 atom stereocenters. The molecule has 0 fully saturated rings. The quantitative estimate of drug-likeness (QED) is 0.677. The van der Waals surface area contributed by atoms with E-state index in [-0.39, 0.29) is 5.92 Å². The van der Waals surface area contributed by atoms with Crippen LogP contribution in [0.5, 0.6) is 0 Å². The zero-order valence-electron chi connectivity index (χ0n) is 9.17. The number of hydrogen-bond acceptors (Lipinski definition) is 3. The zero-order valence-corrected chi connectivity index (χ0v) is 9.17. The first-order valence-corrected chi connectivity index (χ1v) is 4.63. The van der Waals surface area contributed by atoms with Crippen molar-refractivity contribution in [1.82, 2.24) is 4.90 Å². The molecule has 3 heteroatoms. The maximum atomic E-state index is 9.67. The van der Waals surface area contributed by atoms with Crippen LogP contribution >= 0.6 is 0 Å².